The molecule has 4 heteroatoms. The first-order valence-corrected chi connectivity index (χ1v) is 6.10. The number of nitrogens with zero attached hydrogens (tertiary/aromatic N) is 2. The Labute approximate surface area is 111 Å². The van der Waals surface area contributed by atoms with E-state index in [1.807, 2.05) is 31.3 Å². The van der Waals surface area contributed by atoms with Gasteiger partial charge in [-0.2, -0.15) is 0 Å². The summed E-state index contributed by atoms with van der Waals surface area (Å²) in [6.45, 7) is 0. The number of nitrogens with one attached hydrogen (secondary N) is 2. The van der Waals surface area contributed by atoms with Crippen LogP contribution in [0, 0.1) is 0 Å². The number of aromatic nitrogens is 2. The molecule has 0 atom stereocenters. The summed E-state index contributed by atoms with van der Waals surface area (Å²) in [5.41, 5.74) is 3.95. The van der Waals surface area contributed by atoms with Crippen molar-refractivity contribution >= 4 is 28.0 Å². The van der Waals surface area contributed by atoms with Gasteiger partial charge in [-0.15, -0.1) is 0 Å². The lowest BCUT2D eigenvalue weighted by Gasteiger charge is -2.08. The van der Waals surface area contributed by atoms with Gasteiger partial charge >= 0.3 is 0 Å². The zero-order valence-corrected chi connectivity index (χ0v) is 10.6. The molecule has 3 aromatic rings. The second-order valence-electron chi connectivity index (χ2n) is 4.25. The van der Waals surface area contributed by atoms with Crippen LogP contribution in [-0.2, 0) is 0 Å². The highest BCUT2D eigenvalue weighted by Crippen LogP contribution is 2.22. The Bertz CT molecular complexity index is 709. The number of benzene rings is 1. The minimum absolute atomic E-state index is 0.954. The molecule has 0 radical (unpaired) electrons. The fourth-order valence-corrected chi connectivity index (χ4v) is 1.97. The molecule has 0 aliphatic carbocycles. The molecule has 0 unspecified atom stereocenters. The Balaban J connectivity index is 1.92. The van der Waals surface area contributed by atoms with Crippen LogP contribution in [-0.4, -0.2) is 17.0 Å². The van der Waals surface area contributed by atoms with Crippen LogP contribution in [0.4, 0.5) is 17.1 Å². The number of fused-ring (bicyclic) bond motifs is 1. The molecule has 1 aromatic carbocycles. The van der Waals surface area contributed by atoms with Crippen molar-refractivity contribution in [3.05, 3.63) is 55.0 Å². The highest BCUT2D eigenvalue weighted by molar-refractivity contribution is 5.83. The van der Waals surface area contributed by atoms with Crippen LogP contribution in [0.25, 0.3) is 10.9 Å². The fourth-order valence-electron chi connectivity index (χ4n) is 1.97. The topological polar surface area (TPSA) is 49.8 Å². The molecule has 0 saturated heterocycles. The zero-order chi connectivity index (χ0) is 13.1. The molecule has 0 aliphatic heterocycles. The highest BCUT2D eigenvalue weighted by atomic mass is 14.9. The monoisotopic (exact) mass is 250 g/mol. The van der Waals surface area contributed by atoms with Crippen molar-refractivity contribution in [2.45, 2.75) is 0 Å². The van der Waals surface area contributed by atoms with E-state index in [2.05, 4.69) is 32.7 Å². The lowest BCUT2D eigenvalue weighted by molar-refractivity contribution is 1.30. The molecule has 19 heavy (non-hydrogen) atoms. The minimum Gasteiger partial charge on any atom is -0.387 e. The molecule has 4 nitrogen and oxygen atoms in total. The maximum absolute atomic E-state index is 4.31. The van der Waals surface area contributed by atoms with E-state index in [1.165, 1.54) is 0 Å². The SMILES string of the molecule is CNc1cncc(Nc2ccc3ncccc3c2)c1. The molecule has 3 rings (SSSR count). The largest absolute Gasteiger partial charge is 0.387 e. The second kappa shape index (κ2) is 4.94. The molecule has 2 heterocycles. The van der Waals surface area contributed by atoms with Crippen molar-refractivity contribution in [2.24, 2.45) is 0 Å². The molecule has 0 saturated carbocycles. The number of rotatable bonds is 3. The summed E-state index contributed by atoms with van der Waals surface area (Å²) in [5.74, 6) is 0. The Kier molecular flexibility index (Phi) is 2.98. The maximum atomic E-state index is 4.31. The molecule has 94 valence electrons. The first-order valence-electron chi connectivity index (χ1n) is 6.10. The quantitative estimate of drug-likeness (QED) is 0.748. The first kappa shape index (κ1) is 11.5. The predicted octanol–water partition coefficient (Wildman–Crippen LogP) is 3.42. The van der Waals surface area contributed by atoms with E-state index in [9.17, 15) is 0 Å². The number of anilines is 3. The van der Waals surface area contributed by atoms with E-state index in [-0.39, 0.29) is 0 Å². The molecular formula is C15H14N4. The fraction of sp³-hybridized carbons (Fsp3) is 0.0667. The number of hydrogen-bond acceptors (Lipinski definition) is 4. The third kappa shape index (κ3) is 2.47. The summed E-state index contributed by atoms with van der Waals surface area (Å²) in [5, 5.41) is 7.53. The molecule has 0 fully saturated rings. The predicted molar refractivity (Wildman–Crippen MR) is 78.8 cm³/mol. The summed E-state index contributed by atoms with van der Waals surface area (Å²) in [7, 11) is 1.88. The Hall–Kier alpha value is -2.62. The minimum atomic E-state index is 0.954. The maximum Gasteiger partial charge on any atom is 0.0703 e. The Morgan fingerprint density at radius 1 is 0.947 bits per heavy atom. The van der Waals surface area contributed by atoms with Crippen molar-refractivity contribution in [1.29, 1.82) is 0 Å². The van der Waals surface area contributed by atoms with Crippen LogP contribution in [0.15, 0.2) is 55.0 Å². The van der Waals surface area contributed by atoms with Gasteiger partial charge in [0.05, 0.1) is 29.3 Å². The van der Waals surface area contributed by atoms with Crippen LogP contribution >= 0.6 is 0 Å². The van der Waals surface area contributed by atoms with Gasteiger partial charge in [-0.05, 0) is 30.3 Å². The van der Waals surface area contributed by atoms with E-state index in [0.29, 0.717) is 0 Å². The zero-order valence-electron chi connectivity index (χ0n) is 10.6. The van der Waals surface area contributed by atoms with Gasteiger partial charge in [0.15, 0.2) is 0 Å². The van der Waals surface area contributed by atoms with Gasteiger partial charge < -0.3 is 10.6 Å². The summed E-state index contributed by atoms with van der Waals surface area (Å²) in [6, 6.07) is 12.1. The smallest absolute Gasteiger partial charge is 0.0703 e. The van der Waals surface area contributed by atoms with Gasteiger partial charge in [0.25, 0.3) is 0 Å². The molecule has 2 N–H and O–H groups in total. The average Bonchev–Trinajstić information content (AvgIpc) is 2.47. The summed E-state index contributed by atoms with van der Waals surface area (Å²) in [6.07, 6.45) is 5.39. The molecular weight excluding hydrogens is 236 g/mol. The van der Waals surface area contributed by atoms with Gasteiger partial charge in [0.1, 0.15) is 0 Å². The Morgan fingerprint density at radius 2 is 1.84 bits per heavy atom. The van der Waals surface area contributed by atoms with Crippen molar-refractivity contribution in [1.82, 2.24) is 9.97 Å². The second-order valence-corrected chi connectivity index (χ2v) is 4.25. The third-order valence-electron chi connectivity index (χ3n) is 2.92. The van der Waals surface area contributed by atoms with Gasteiger partial charge in [-0.25, -0.2) is 0 Å². The number of hydrogen-bond donors (Lipinski definition) is 2. The summed E-state index contributed by atoms with van der Waals surface area (Å²) < 4.78 is 0. The van der Waals surface area contributed by atoms with E-state index in [4.69, 9.17) is 0 Å². The third-order valence-corrected chi connectivity index (χ3v) is 2.92. The van der Waals surface area contributed by atoms with E-state index >= 15 is 0 Å². The van der Waals surface area contributed by atoms with Crippen molar-refractivity contribution < 1.29 is 0 Å². The van der Waals surface area contributed by atoms with Crippen LogP contribution < -0.4 is 10.6 Å². The number of pyridine rings is 2. The van der Waals surface area contributed by atoms with E-state index in [1.54, 1.807) is 18.6 Å². The van der Waals surface area contributed by atoms with Crippen LogP contribution in [0.1, 0.15) is 0 Å². The highest BCUT2D eigenvalue weighted by Gasteiger charge is 1.99. The van der Waals surface area contributed by atoms with Crippen molar-refractivity contribution in [2.75, 3.05) is 17.7 Å². The molecule has 2 aromatic heterocycles. The summed E-state index contributed by atoms with van der Waals surface area (Å²) in [4.78, 5) is 8.48. The van der Waals surface area contributed by atoms with Crippen LogP contribution in [0.3, 0.4) is 0 Å². The lowest BCUT2D eigenvalue weighted by Crippen LogP contribution is -1.94. The molecule has 0 bridgehead atoms. The Morgan fingerprint density at radius 3 is 2.74 bits per heavy atom. The van der Waals surface area contributed by atoms with Crippen molar-refractivity contribution in [3.8, 4) is 0 Å². The van der Waals surface area contributed by atoms with Gasteiger partial charge in [0.2, 0.25) is 0 Å². The summed E-state index contributed by atoms with van der Waals surface area (Å²) >= 11 is 0. The van der Waals surface area contributed by atoms with Gasteiger partial charge in [0, 0.05) is 24.3 Å². The molecule has 0 spiro atoms. The van der Waals surface area contributed by atoms with Crippen molar-refractivity contribution in [3.63, 3.8) is 0 Å². The first-order chi connectivity index (χ1) is 9.35. The van der Waals surface area contributed by atoms with Crippen LogP contribution in [0.2, 0.25) is 0 Å². The average molecular weight is 250 g/mol. The van der Waals surface area contributed by atoms with Crippen LogP contribution in [0.5, 0.6) is 0 Å². The standard InChI is InChI=1S/C15H14N4/c1-16-13-8-14(10-17-9-13)19-12-4-5-15-11(7-12)3-2-6-18-15/h2-10,16,19H,1H3. The molecule has 0 amide bonds. The normalized spacial score (nSPS) is 10.4. The lowest BCUT2D eigenvalue weighted by atomic mass is 10.2. The molecule has 0 aliphatic rings. The van der Waals surface area contributed by atoms with E-state index in [0.717, 1.165) is 28.0 Å². The van der Waals surface area contributed by atoms with E-state index < -0.39 is 0 Å². The van der Waals surface area contributed by atoms with Gasteiger partial charge in [-0.1, -0.05) is 6.07 Å². The van der Waals surface area contributed by atoms with Gasteiger partial charge in [-0.3, -0.25) is 9.97 Å².